The fourth-order valence-corrected chi connectivity index (χ4v) is 3.37. The molecule has 2 bridgehead atoms. The van der Waals surface area contributed by atoms with Gasteiger partial charge < -0.3 is 10.6 Å². The Morgan fingerprint density at radius 2 is 2.04 bits per heavy atom. The first-order valence-corrected chi connectivity index (χ1v) is 8.40. The van der Waals surface area contributed by atoms with Crippen LogP contribution in [0.3, 0.4) is 0 Å². The van der Waals surface area contributed by atoms with E-state index in [9.17, 15) is 4.39 Å². The molecule has 7 heteroatoms. The number of guanidine groups is 1. The molecule has 0 amide bonds. The van der Waals surface area contributed by atoms with E-state index in [-0.39, 0.29) is 29.8 Å². The summed E-state index contributed by atoms with van der Waals surface area (Å²) in [5.74, 6) is 0.639. The molecule has 3 heterocycles. The highest BCUT2D eigenvalue weighted by Gasteiger charge is 2.31. The van der Waals surface area contributed by atoms with Crippen molar-refractivity contribution in [1.29, 1.82) is 0 Å². The van der Waals surface area contributed by atoms with Gasteiger partial charge >= 0.3 is 0 Å². The highest BCUT2D eigenvalue weighted by molar-refractivity contribution is 14.0. The molecule has 1 aromatic carbocycles. The van der Waals surface area contributed by atoms with Crippen LogP contribution >= 0.6 is 24.0 Å². The maximum absolute atomic E-state index is 13.2. The molecule has 134 valence electrons. The van der Waals surface area contributed by atoms with E-state index >= 15 is 0 Å². The molecule has 0 radical (unpaired) electrons. The summed E-state index contributed by atoms with van der Waals surface area (Å²) in [6.45, 7) is 7.57. The lowest BCUT2D eigenvalue weighted by atomic mass is 10.1. The first kappa shape index (κ1) is 19.4. The second kappa shape index (κ2) is 9.53. The van der Waals surface area contributed by atoms with Gasteiger partial charge in [0.05, 0.1) is 0 Å². The Labute approximate surface area is 160 Å². The smallest absolute Gasteiger partial charge is 0.191 e. The largest absolute Gasteiger partial charge is 0.356 e. The van der Waals surface area contributed by atoms with E-state index in [0.29, 0.717) is 6.04 Å². The number of aliphatic imine (C=N–C) groups is 1. The summed E-state index contributed by atoms with van der Waals surface area (Å²) >= 11 is 0. The molecule has 24 heavy (non-hydrogen) atoms. The Bertz CT molecular complexity index is 546. The fraction of sp³-hybridized carbons (Fsp3) is 0.588. The van der Waals surface area contributed by atoms with E-state index in [0.717, 1.165) is 37.6 Å². The predicted molar refractivity (Wildman–Crippen MR) is 107 cm³/mol. The summed E-state index contributed by atoms with van der Waals surface area (Å²) in [6.07, 6.45) is 0.780. The van der Waals surface area contributed by atoms with Gasteiger partial charge in [-0.25, -0.2) is 4.39 Å². The number of nitrogens with zero attached hydrogens (tertiary/aromatic N) is 3. The molecule has 3 saturated heterocycles. The molecule has 3 fully saturated rings. The zero-order valence-electron chi connectivity index (χ0n) is 14.2. The van der Waals surface area contributed by atoms with Gasteiger partial charge in [0.2, 0.25) is 0 Å². The van der Waals surface area contributed by atoms with E-state index in [2.05, 4.69) is 25.4 Å². The molecule has 0 spiro atoms. The normalized spacial score (nSPS) is 25.9. The van der Waals surface area contributed by atoms with Crippen LogP contribution in [-0.2, 0) is 6.42 Å². The van der Waals surface area contributed by atoms with Gasteiger partial charge in [0.1, 0.15) is 5.82 Å². The minimum absolute atomic E-state index is 0. The van der Waals surface area contributed by atoms with Gasteiger partial charge in [-0.15, -0.1) is 24.0 Å². The van der Waals surface area contributed by atoms with Crippen LogP contribution in [0, 0.1) is 5.82 Å². The molecule has 1 atom stereocenters. The summed E-state index contributed by atoms with van der Waals surface area (Å²) in [6, 6.07) is 7.32. The highest BCUT2D eigenvalue weighted by Crippen LogP contribution is 2.14. The second-order valence-corrected chi connectivity index (χ2v) is 6.25. The van der Waals surface area contributed by atoms with Gasteiger partial charge in [0.15, 0.2) is 5.96 Å². The SMILES string of the molecule is CN=C(NCCc1cccc(F)c1)NCC1CN2CCN1CC2.I. The molecule has 2 N–H and O–H groups in total. The molecule has 3 aliphatic heterocycles. The van der Waals surface area contributed by atoms with E-state index in [1.54, 1.807) is 19.2 Å². The number of halogens is 2. The second-order valence-electron chi connectivity index (χ2n) is 6.25. The van der Waals surface area contributed by atoms with Crippen molar-refractivity contribution in [3.63, 3.8) is 0 Å². The minimum atomic E-state index is -0.179. The Morgan fingerprint density at radius 3 is 2.67 bits per heavy atom. The van der Waals surface area contributed by atoms with Crippen molar-refractivity contribution >= 4 is 29.9 Å². The van der Waals surface area contributed by atoms with Crippen molar-refractivity contribution in [3.8, 4) is 0 Å². The summed E-state index contributed by atoms with van der Waals surface area (Å²) in [7, 11) is 1.79. The summed E-state index contributed by atoms with van der Waals surface area (Å²) < 4.78 is 13.2. The van der Waals surface area contributed by atoms with Gasteiger partial charge in [-0.1, -0.05) is 12.1 Å². The third-order valence-electron chi connectivity index (χ3n) is 4.72. The number of benzene rings is 1. The number of piperazine rings is 3. The third-order valence-corrected chi connectivity index (χ3v) is 4.72. The molecule has 4 rings (SSSR count). The number of hydrogen-bond donors (Lipinski definition) is 2. The molecular formula is C17H27FIN5. The molecule has 0 saturated carbocycles. The van der Waals surface area contributed by atoms with Crippen molar-refractivity contribution in [2.24, 2.45) is 4.99 Å². The summed E-state index contributed by atoms with van der Waals surface area (Å²) in [4.78, 5) is 9.37. The van der Waals surface area contributed by atoms with E-state index in [4.69, 9.17) is 0 Å². The van der Waals surface area contributed by atoms with Crippen molar-refractivity contribution in [2.75, 3.05) is 52.9 Å². The predicted octanol–water partition coefficient (Wildman–Crippen LogP) is 1.15. The fourth-order valence-electron chi connectivity index (χ4n) is 3.37. The Balaban J connectivity index is 0.00000208. The van der Waals surface area contributed by atoms with Crippen LogP contribution in [0.5, 0.6) is 0 Å². The molecular weight excluding hydrogens is 420 g/mol. The number of rotatable bonds is 5. The number of nitrogens with one attached hydrogen (secondary N) is 2. The highest BCUT2D eigenvalue weighted by atomic mass is 127. The maximum atomic E-state index is 13.2. The van der Waals surface area contributed by atoms with Crippen LogP contribution in [-0.4, -0.2) is 74.7 Å². The minimum Gasteiger partial charge on any atom is -0.356 e. The zero-order chi connectivity index (χ0) is 16.1. The molecule has 0 aliphatic carbocycles. The topological polar surface area (TPSA) is 42.9 Å². The number of hydrogen-bond acceptors (Lipinski definition) is 3. The van der Waals surface area contributed by atoms with Crippen molar-refractivity contribution in [2.45, 2.75) is 12.5 Å². The Hall–Kier alpha value is -0.930. The van der Waals surface area contributed by atoms with Crippen molar-refractivity contribution in [3.05, 3.63) is 35.6 Å². The Morgan fingerprint density at radius 1 is 1.25 bits per heavy atom. The van der Waals surface area contributed by atoms with Crippen molar-refractivity contribution in [1.82, 2.24) is 20.4 Å². The van der Waals surface area contributed by atoms with Crippen molar-refractivity contribution < 1.29 is 4.39 Å². The first-order valence-electron chi connectivity index (χ1n) is 8.40. The average Bonchev–Trinajstić information content (AvgIpc) is 2.59. The molecule has 1 unspecified atom stereocenters. The van der Waals surface area contributed by atoms with Crippen LogP contribution in [0.15, 0.2) is 29.3 Å². The number of fused-ring (bicyclic) bond motifs is 3. The third kappa shape index (κ3) is 5.29. The van der Waals surface area contributed by atoms with E-state index in [1.807, 2.05) is 6.07 Å². The van der Waals surface area contributed by atoms with Crippen LogP contribution in [0.4, 0.5) is 4.39 Å². The molecule has 5 nitrogen and oxygen atoms in total. The van der Waals surface area contributed by atoms with Gasteiger partial charge in [0, 0.05) is 58.9 Å². The quantitative estimate of drug-likeness (QED) is 0.404. The summed E-state index contributed by atoms with van der Waals surface area (Å²) in [5, 5.41) is 6.72. The van der Waals surface area contributed by atoms with Gasteiger partial charge in [-0.3, -0.25) is 14.8 Å². The van der Waals surface area contributed by atoms with Crippen LogP contribution in [0.2, 0.25) is 0 Å². The Kier molecular flexibility index (Phi) is 7.70. The van der Waals surface area contributed by atoms with Gasteiger partial charge in [-0.2, -0.15) is 0 Å². The zero-order valence-corrected chi connectivity index (χ0v) is 16.5. The lowest BCUT2D eigenvalue weighted by Crippen LogP contribution is -2.63. The first-order chi connectivity index (χ1) is 11.2. The standard InChI is InChI=1S/C17H26FN5.HI/c1-19-17(20-6-5-14-3-2-4-15(18)11-14)21-12-16-13-22-7-9-23(16)10-8-22;/h2-4,11,16H,5-10,12-13H2,1H3,(H2,19,20,21);1H. The molecule has 1 aromatic rings. The van der Waals surface area contributed by atoms with Crippen LogP contribution < -0.4 is 10.6 Å². The van der Waals surface area contributed by atoms with Crippen LogP contribution in [0.1, 0.15) is 5.56 Å². The molecule has 0 aromatic heterocycles. The maximum Gasteiger partial charge on any atom is 0.191 e. The van der Waals surface area contributed by atoms with Gasteiger partial charge in [0.25, 0.3) is 0 Å². The lowest BCUT2D eigenvalue weighted by Gasteiger charge is -2.47. The van der Waals surface area contributed by atoms with E-state index in [1.165, 1.54) is 32.2 Å². The summed E-state index contributed by atoms with van der Waals surface area (Å²) in [5.41, 5.74) is 0.997. The van der Waals surface area contributed by atoms with Gasteiger partial charge in [-0.05, 0) is 24.1 Å². The van der Waals surface area contributed by atoms with Crippen LogP contribution in [0.25, 0.3) is 0 Å². The average molecular weight is 447 g/mol. The van der Waals surface area contributed by atoms with E-state index < -0.39 is 0 Å². The lowest BCUT2D eigenvalue weighted by molar-refractivity contribution is 0.0154. The molecule has 3 aliphatic rings. The monoisotopic (exact) mass is 447 g/mol.